The largest absolute Gasteiger partial charge is 0.393 e. The lowest BCUT2D eigenvalue weighted by Gasteiger charge is -2.58. The molecule has 0 aromatic rings. The molecule has 3 nitrogen and oxygen atoms in total. The minimum absolute atomic E-state index is 0.0945. The molecule has 2 unspecified atom stereocenters. The number of hydrogen-bond acceptors (Lipinski definition) is 3. The highest BCUT2D eigenvalue weighted by molar-refractivity contribution is 5.25. The molecule has 1 N–H and O–H groups in total. The van der Waals surface area contributed by atoms with E-state index in [2.05, 4.69) is 25.1 Å². The second-order valence-corrected chi connectivity index (χ2v) is 11.0. The molecule has 0 radical (unpaired) electrons. The van der Waals surface area contributed by atoms with Crippen LogP contribution in [0.15, 0.2) is 16.8 Å². The normalized spacial score (nSPS) is 45.0. The van der Waals surface area contributed by atoms with E-state index in [-0.39, 0.29) is 6.10 Å². The Hall–Kier alpha value is -0.700. The van der Waals surface area contributed by atoms with Gasteiger partial charge >= 0.3 is 0 Å². The van der Waals surface area contributed by atoms with Gasteiger partial charge in [-0.1, -0.05) is 49.9 Å². The smallest absolute Gasteiger partial charge is 0.0811 e. The fourth-order valence-electron chi connectivity index (χ4n) is 8.15. The van der Waals surface area contributed by atoms with Gasteiger partial charge in [-0.2, -0.15) is 4.91 Å². The summed E-state index contributed by atoms with van der Waals surface area (Å²) in [6, 6.07) is 0. The molecule has 0 heterocycles. The van der Waals surface area contributed by atoms with Gasteiger partial charge in [0, 0.05) is 0 Å². The average molecular weight is 388 g/mol. The summed E-state index contributed by atoms with van der Waals surface area (Å²) in [4.78, 5) is 10.2. The van der Waals surface area contributed by atoms with Crippen molar-refractivity contribution in [1.82, 2.24) is 0 Å². The van der Waals surface area contributed by atoms with Crippen LogP contribution in [-0.2, 0) is 0 Å². The third kappa shape index (κ3) is 3.50. The zero-order valence-corrected chi connectivity index (χ0v) is 18.2. The number of fused-ring (bicyclic) bond motifs is 5. The average Bonchev–Trinajstić information content (AvgIpc) is 3.01. The van der Waals surface area contributed by atoms with E-state index in [4.69, 9.17) is 0 Å². The Balaban J connectivity index is 1.40. The predicted octanol–water partition coefficient (Wildman–Crippen LogP) is 6.64. The molecule has 0 spiro atoms. The first-order valence-corrected chi connectivity index (χ1v) is 12.2. The maximum Gasteiger partial charge on any atom is 0.0811 e. The highest BCUT2D eigenvalue weighted by Gasteiger charge is 2.58. The van der Waals surface area contributed by atoms with Gasteiger partial charge in [0.2, 0.25) is 0 Å². The summed E-state index contributed by atoms with van der Waals surface area (Å²) in [7, 11) is 0. The molecule has 7 atom stereocenters. The number of allylic oxidation sites excluding steroid dienone is 1. The number of aliphatic hydroxyl groups is 1. The third-order valence-electron chi connectivity index (χ3n) is 9.83. The maximum atomic E-state index is 10.2. The number of nitrogens with zero attached hydrogens (tertiary/aromatic N) is 1. The van der Waals surface area contributed by atoms with E-state index in [1.165, 1.54) is 64.2 Å². The van der Waals surface area contributed by atoms with Crippen molar-refractivity contribution in [3.8, 4) is 0 Å². The first kappa shape index (κ1) is 20.6. The fraction of sp³-hybridized carbons (Fsp3) is 0.920. The van der Waals surface area contributed by atoms with E-state index in [1.54, 1.807) is 5.57 Å². The quantitative estimate of drug-likeness (QED) is 0.302. The Morgan fingerprint density at radius 1 is 1.04 bits per heavy atom. The lowest BCUT2D eigenvalue weighted by molar-refractivity contribution is -0.0508. The van der Waals surface area contributed by atoms with E-state index in [0.29, 0.717) is 17.4 Å². The van der Waals surface area contributed by atoms with Crippen molar-refractivity contribution in [2.75, 3.05) is 6.54 Å². The van der Waals surface area contributed by atoms with Crippen LogP contribution in [0.4, 0.5) is 0 Å². The van der Waals surface area contributed by atoms with E-state index in [9.17, 15) is 10.0 Å². The van der Waals surface area contributed by atoms with Crippen LogP contribution in [0.25, 0.3) is 0 Å². The summed E-state index contributed by atoms with van der Waals surface area (Å²) in [6.07, 6.45) is 18.7. The minimum atomic E-state index is -0.0945. The number of unbranched alkanes of at least 4 members (excludes halogenated alkanes) is 3. The van der Waals surface area contributed by atoms with Gasteiger partial charge < -0.3 is 5.11 Å². The Kier molecular flexibility index (Phi) is 6.03. The first-order valence-electron chi connectivity index (χ1n) is 12.2. The third-order valence-corrected chi connectivity index (χ3v) is 9.83. The van der Waals surface area contributed by atoms with Crippen molar-refractivity contribution < 1.29 is 5.11 Å². The fourth-order valence-corrected chi connectivity index (χ4v) is 8.15. The number of hydrogen-bond donors (Lipinski definition) is 1. The van der Waals surface area contributed by atoms with E-state index >= 15 is 0 Å². The Morgan fingerprint density at radius 3 is 2.68 bits per heavy atom. The molecule has 158 valence electrons. The van der Waals surface area contributed by atoms with Crippen molar-refractivity contribution in [2.24, 2.45) is 39.7 Å². The summed E-state index contributed by atoms with van der Waals surface area (Å²) in [6.45, 7) is 5.66. The SMILES string of the molecule is C[C@]12CC[C@H](O)CC1=CC[C@@H]1C2CC[C@@]2(C)C1CC[C@@H]2CCCCCCN=O. The van der Waals surface area contributed by atoms with Crippen molar-refractivity contribution in [3.05, 3.63) is 16.6 Å². The van der Waals surface area contributed by atoms with Gasteiger partial charge in [-0.3, -0.25) is 0 Å². The van der Waals surface area contributed by atoms with Crippen LogP contribution < -0.4 is 0 Å². The highest BCUT2D eigenvalue weighted by atomic mass is 16.3. The van der Waals surface area contributed by atoms with Gasteiger partial charge in [0.25, 0.3) is 0 Å². The van der Waals surface area contributed by atoms with Gasteiger partial charge in [0.15, 0.2) is 0 Å². The summed E-state index contributed by atoms with van der Waals surface area (Å²) in [5.41, 5.74) is 2.52. The van der Waals surface area contributed by atoms with Crippen LogP contribution in [-0.4, -0.2) is 17.8 Å². The second kappa shape index (κ2) is 8.20. The summed E-state index contributed by atoms with van der Waals surface area (Å²) in [5.74, 6) is 3.56. The molecule has 4 aliphatic rings. The number of rotatable bonds is 7. The van der Waals surface area contributed by atoms with Gasteiger partial charge in [0.1, 0.15) is 0 Å². The van der Waals surface area contributed by atoms with E-state index in [0.717, 1.165) is 42.9 Å². The summed E-state index contributed by atoms with van der Waals surface area (Å²) >= 11 is 0. The van der Waals surface area contributed by atoms with Crippen LogP contribution in [0.3, 0.4) is 0 Å². The monoisotopic (exact) mass is 387 g/mol. The number of aliphatic hydroxyl groups excluding tert-OH is 1. The van der Waals surface area contributed by atoms with E-state index < -0.39 is 0 Å². The number of nitroso groups, excluding NO2 is 1. The zero-order chi connectivity index (χ0) is 19.8. The molecular formula is C25H41NO2. The van der Waals surface area contributed by atoms with Crippen molar-refractivity contribution in [2.45, 2.75) is 103 Å². The van der Waals surface area contributed by atoms with Crippen LogP contribution in [0.2, 0.25) is 0 Å². The summed E-state index contributed by atoms with van der Waals surface area (Å²) in [5, 5.41) is 13.2. The molecule has 3 heteroatoms. The van der Waals surface area contributed by atoms with Crippen LogP contribution in [0.1, 0.15) is 97.3 Å². The van der Waals surface area contributed by atoms with Gasteiger partial charge in [0.05, 0.1) is 12.6 Å². The molecule has 3 fully saturated rings. The summed E-state index contributed by atoms with van der Waals surface area (Å²) < 4.78 is 0. The van der Waals surface area contributed by atoms with Crippen LogP contribution >= 0.6 is 0 Å². The highest BCUT2D eigenvalue weighted by Crippen LogP contribution is 2.66. The molecule has 0 aliphatic heterocycles. The predicted molar refractivity (Wildman–Crippen MR) is 115 cm³/mol. The van der Waals surface area contributed by atoms with E-state index in [1.807, 2.05) is 0 Å². The zero-order valence-electron chi connectivity index (χ0n) is 18.2. The molecule has 0 bridgehead atoms. The molecule has 0 aromatic carbocycles. The van der Waals surface area contributed by atoms with Crippen molar-refractivity contribution >= 4 is 0 Å². The first-order chi connectivity index (χ1) is 13.5. The molecule has 28 heavy (non-hydrogen) atoms. The Bertz CT molecular complexity index is 601. The van der Waals surface area contributed by atoms with Crippen LogP contribution in [0, 0.1) is 39.4 Å². The van der Waals surface area contributed by atoms with Gasteiger partial charge in [-0.25, -0.2) is 0 Å². The molecule has 3 saturated carbocycles. The molecular weight excluding hydrogens is 346 g/mol. The second-order valence-electron chi connectivity index (χ2n) is 11.0. The molecule has 4 rings (SSSR count). The lowest BCUT2D eigenvalue weighted by atomic mass is 9.47. The van der Waals surface area contributed by atoms with Gasteiger partial charge in [-0.15, -0.1) is 0 Å². The molecule has 0 aromatic heterocycles. The Morgan fingerprint density at radius 2 is 1.86 bits per heavy atom. The molecule has 0 amide bonds. The maximum absolute atomic E-state index is 10.2. The van der Waals surface area contributed by atoms with Crippen molar-refractivity contribution in [3.63, 3.8) is 0 Å². The Labute approximate surface area is 171 Å². The lowest BCUT2D eigenvalue weighted by Crippen LogP contribution is -2.50. The van der Waals surface area contributed by atoms with Crippen LogP contribution in [0.5, 0.6) is 0 Å². The standard InChI is InChI=1S/C25H41NO2/c1-24-15-13-23-21(10-8-19-17-20(27)12-14-25(19,23)2)22(24)11-9-18(24)7-5-3-4-6-16-26-28/h8,18,20-23,27H,3-7,9-17H2,1-2H3/t18-,20-,21-,22?,23?,24+,25-/m0/s1. The molecule has 0 saturated heterocycles. The minimum Gasteiger partial charge on any atom is -0.393 e. The molecule has 4 aliphatic carbocycles. The van der Waals surface area contributed by atoms with Gasteiger partial charge in [-0.05, 0) is 98.7 Å². The van der Waals surface area contributed by atoms with Crippen molar-refractivity contribution in [1.29, 1.82) is 0 Å². The topological polar surface area (TPSA) is 49.7 Å².